The van der Waals surface area contributed by atoms with Crippen LogP contribution >= 0.6 is 0 Å². The Hall–Kier alpha value is -1.91. The van der Waals surface area contributed by atoms with Gasteiger partial charge in [0.2, 0.25) is 5.91 Å². The lowest BCUT2D eigenvalue weighted by molar-refractivity contribution is -0.149. The van der Waals surface area contributed by atoms with Gasteiger partial charge in [-0.2, -0.15) is 0 Å². The van der Waals surface area contributed by atoms with Crippen LogP contribution in [0.15, 0.2) is 18.3 Å². The number of aromatic nitrogens is 1. The lowest BCUT2D eigenvalue weighted by atomic mass is 10.1. The summed E-state index contributed by atoms with van der Waals surface area (Å²) >= 11 is 0. The van der Waals surface area contributed by atoms with Crippen LogP contribution < -0.4 is 0 Å². The number of carbonyl (C=O) groups is 2. The van der Waals surface area contributed by atoms with Crippen LogP contribution in [-0.4, -0.2) is 39.0 Å². The quantitative estimate of drug-likeness (QED) is 0.870. The molecule has 1 heterocycles. The van der Waals surface area contributed by atoms with E-state index in [9.17, 15) is 9.59 Å². The Labute approximate surface area is 112 Å². The van der Waals surface area contributed by atoms with Crippen molar-refractivity contribution in [3.8, 4) is 0 Å². The average Bonchev–Trinajstić information content (AvgIpc) is 3.16. The summed E-state index contributed by atoms with van der Waals surface area (Å²) in [6.07, 6.45) is 3.68. The molecule has 0 aromatic carbocycles. The van der Waals surface area contributed by atoms with Crippen molar-refractivity contribution in [2.24, 2.45) is 0 Å². The number of carboxylic acids is 1. The Kier molecular flexibility index (Phi) is 3.83. The molecule has 1 aliphatic rings. The van der Waals surface area contributed by atoms with Gasteiger partial charge in [-0.15, -0.1) is 0 Å². The van der Waals surface area contributed by atoms with Crippen molar-refractivity contribution in [3.05, 3.63) is 29.6 Å². The molecule has 1 N–H and O–H groups in total. The zero-order chi connectivity index (χ0) is 14.0. The fraction of sp³-hybridized carbons (Fsp3) is 0.500. The molecule has 1 aliphatic carbocycles. The topological polar surface area (TPSA) is 70.5 Å². The molecule has 2 rings (SSSR count). The third-order valence-corrected chi connectivity index (χ3v) is 3.33. The Morgan fingerprint density at radius 2 is 2.16 bits per heavy atom. The number of nitrogens with zero attached hydrogens (tertiary/aromatic N) is 2. The van der Waals surface area contributed by atoms with Crippen molar-refractivity contribution in [1.29, 1.82) is 0 Å². The second-order valence-corrected chi connectivity index (χ2v) is 5.03. The number of carboxylic acid groups (broad SMARTS) is 1. The van der Waals surface area contributed by atoms with Gasteiger partial charge in [0.1, 0.15) is 6.04 Å². The van der Waals surface area contributed by atoms with Gasteiger partial charge in [0, 0.05) is 17.9 Å². The number of amides is 1. The third kappa shape index (κ3) is 3.30. The molecule has 1 aromatic rings. The molecular weight excluding hydrogens is 244 g/mol. The highest BCUT2D eigenvalue weighted by Gasteiger charge is 2.38. The minimum atomic E-state index is -0.956. The molecule has 1 amide bonds. The van der Waals surface area contributed by atoms with Crippen molar-refractivity contribution >= 4 is 11.9 Å². The Balaban J connectivity index is 2.07. The highest BCUT2D eigenvalue weighted by atomic mass is 16.4. The van der Waals surface area contributed by atoms with Crippen molar-refractivity contribution in [3.63, 3.8) is 0 Å². The fourth-order valence-corrected chi connectivity index (χ4v) is 2.08. The number of carbonyl (C=O) groups excluding carboxylic acids is 1. The zero-order valence-electron chi connectivity index (χ0n) is 11.2. The van der Waals surface area contributed by atoms with Gasteiger partial charge in [0.15, 0.2) is 0 Å². The number of rotatable bonds is 5. The summed E-state index contributed by atoms with van der Waals surface area (Å²) in [6.45, 7) is 3.44. The Morgan fingerprint density at radius 3 is 2.63 bits per heavy atom. The van der Waals surface area contributed by atoms with E-state index in [1.807, 2.05) is 19.1 Å². The van der Waals surface area contributed by atoms with Crippen molar-refractivity contribution in [2.45, 2.75) is 45.2 Å². The van der Waals surface area contributed by atoms with E-state index in [-0.39, 0.29) is 18.4 Å². The lowest BCUT2D eigenvalue weighted by Crippen LogP contribution is -2.45. The van der Waals surface area contributed by atoms with Gasteiger partial charge in [-0.25, -0.2) is 4.79 Å². The molecule has 0 spiro atoms. The van der Waals surface area contributed by atoms with Gasteiger partial charge in [-0.3, -0.25) is 9.78 Å². The first-order valence-corrected chi connectivity index (χ1v) is 6.44. The monoisotopic (exact) mass is 262 g/mol. The molecule has 0 bridgehead atoms. The smallest absolute Gasteiger partial charge is 0.326 e. The average molecular weight is 262 g/mol. The minimum Gasteiger partial charge on any atom is -0.480 e. The molecule has 0 aliphatic heterocycles. The maximum Gasteiger partial charge on any atom is 0.326 e. The standard InChI is InChI=1S/C14H18N2O3/c1-9-3-4-11(8-15-9)7-13(17)16(12-5-6-12)10(2)14(18)19/h3-4,8,10,12H,5-7H2,1-2H3,(H,18,19). The van der Waals surface area contributed by atoms with E-state index in [1.54, 1.807) is 13.1 Å². The summed E-state index contributed by atoms with van der Waals surface area (Å²) < 4.78 is 0. The van der Waals surface area contributed by atoms with E-state index in [1.165, 1.54) is 4.90 Å². The Bertz CT molecular complexity index is 480. The summed E-state index contributed by atoms with van der Waals surface area (Å²) in [5, 5.41) is 9.07. The van der Waals surface area contributed by atoms with Crippen LogP contribution in [0.3, 0.4) is 0 Å². The molecule has 0 radical (unpaired) electrons. The van der Waals surface area contributed by atoms with Crippen LogP contribution in [0.5, 0.6) is 0 Å². The normalized spacial score (nSPS) is 15.9. The first kappa shape index (κ1) is 13.5. The van der Waals surface area contributed by atoms with E-state index >= 15 is 0 Å². The van der Waals surface area contributed by atoms with E-state index in [2.05, 4.69) is 4.98 Å². The molecule has 0 saturated heterocycles. The first-order valence-electron chi connectivity index (χ1n) is 6.44. The highest BCUT2D eigenvalue weighted by Crippen LogP contribution is 2.29. The fourth-order valence-electron chi connectivity index (χ4n) is 2.08. The van der Waals surface area contributed by atoms with Gasteiger partial charge in [0.05, 0.1) is 6.42 Å². The summed E-state index contributed by atoms with van der Waals surface area (Å²) in [7, 11) is 0. The second-order valence-electron chi connectivity index (χ2n) is 5.03. The van der Waals surface area contributed by atoms with Crippen molar-refractivity contribution in [2.75, 3.05) is 0 Å². The zero-order valence-corrected chi connectivity index (χ0v) is 11.2. The molecule has 1 aromatic heterocycles. The molecule has 19 heavy (non-hydrogen) atoms. The number of hydrogen-bond acceptors (Lipinski definition) is 3. The molecule has 5 heteroatoms. The third-order valence-electron chi connectivity index (χ3n) is 3.33. The summed E-state index contributed by atoms with van der Waals surface area (Å²) in [5.41, 5.74) is 1.72. The van der Waals surface area contributed by atoms with Gasteiger partial charge in [0.25, 0.3) is 0 Å². The number of hydrogen-bond donors (Lipinski definition) is 1. The maximum atomic E-state index is 12.3. The molecule has 1 saturated carbocycles. The van der Waals surface area contributed by atoms with Crippen LogP contribution in [-0.2, 0) is 16.0 Å². The van der Waals surface area contributed by atoms with E-state index in [0.717, 1.165) is 24.1 Å². The highest BCUT2D eigenvalue weighted by molar-refractivity contribution is 5.85. The largest absolute Gasteiger partial charge is 0.480 e. The van der Waals surface area contributed by atoms with Crippen LogP contribution in [0, 0.1) is 6.92 Å². The number of aryl methyl sites for hydroxylation is 1. The van der Waals surface area contributed by atoms with E-state index < -0.39 is 12.0 Å². The molecular formula is C14H18N2O3. The predicted octanol–water partition coefficient (Wildman–Crippen LogP) is 1.40. The molecule has 5 nitrogen and oxygen atoms in total. The van der Waals surface area contributed by atoms with Crippen LogP contribution in [0.4, 0.5) is 0 Å². The maximum absolute atomic E-state index is 12.3. The van der Waals surface area contributed by atoms with Gasteiger partial charge < -0.3 is 10.0 Å². The van der Waals surface area contributed by atoms with Crippen molar-refractivity contribution in [1.82, 2.24) is 9.88 Å². The SMILES string of the molecule is Cc1ccc(CC(=O)N(C2CC2)C(C)C(=O)O)cn1. The molecule has 1 fully saturated rings. The van der Waals surface area contributed by atoms with Crippen LogP contribution in [0.25, 0.3) is 0 Å². The summed E-state index contributed by atoms with van der Waals surface area (Å²) in [5.74, 6) is -1.09. The first-order chi connectivity index (χ1) is 8.99. The van der Waals surface area contributed by atoms with Gasteiger partial charge in [-0.05, 0) is 38.3 Å². The summed E-state index contributed by atoms with van der Waals surface area (Å²) in [4.78, 5) is 29.0. The van der Waals surface area contributed by atoms with Crippen LogP contribution in [0.1, 0.15) is 31.0 Å². The van der Waals surface area contributed by atoms with Gasteiger partial charge in [-0.1, -0.05) is 6.07 Å². The van der Waals surface area contributed by atoms with Crippen molar-refractivity contribution < 1.29 is 14.7 Å². The minimum absolute atomic E-state index is 0.0945. The Morgan fingerprint density at radius 1 is 1.47 bits per heavy atom. The predicted molar refractivity (Wildman–Crippen MR) is 69.6 cm³/mol. The lowest BCUT2D eigenvalue weighted by Gasteiger charge is -2.26. The second kappa shape index (κ2) is 5.38. The summed E-state index contributed by atoms with van der Waals surface area (Å²) in [6, 6.07) is 3.04. The van der Waals surface area contributed by atoms with Crippen LogP contribution in [0.2, 0.25) is 0 Å². The van der Waals surface area contributed by atoms with Gasteiger partial charge >= 0.3 is 5.97 Å². The molecule has 1 atom stereocenters. The van der Waals surface area contributed by atoms with E-state index in [0.29, 0.717) is 0 Å². The number of aliphatic carboxylic acids is 1. The molecule has 102 valence electrons. The van der Waals surface area contributed by atoms with E-state index in [4.69, 9.17) is 5.11 Å². The molecule has 1 unspecified atom stereocenters. The number of pyridine rings is 1.